The average Bonchev–Trinajstić information content (AvgIpc) is 3.10. The van der Waals surface area contributed by atoms with Gasteiger partial charge >= 0.3 is 6.03 Å². The van der Waals surface area contributed by atoms with E-state index in [4.69, 9.17) is 4.74 Å². The summed E-state index contributed by atoms with van der Waals surface area (Å²) in [6, 6.07) is 12.4. The van der Waals surface area contributed by atoms with E-state index in [1.807, 2.05) is 29.2 Å². The van der Waals surface area contributed by atoms with E-state index in [9.17, 15) is 9.18 Å². The predicted octanol–water partition coefficient (Wildman–Crippen LogP) is 3.11. The lowest BCUT2D eigenvalue weighted by Gasteiger charge is -2.36. The molecule has 1 N–H and O–H groups in total. The molecular weight excluding hydrogens is 321 g/mol. The molecule has 2 amide bonds. The largest absolute Gasteiger partial charge is 0.493 e. The Morgan fingerprint density at radius 3 is 2.68 bits per heavy atom. The number of urea groups is 1. The molecule has 2 aromatic rings. The van der Waals surface area contributed by atoms with E-state index in [1.165, 1.54) is 6.07 Å². The molecule has 2 aromatic carbocycles. The monoisotopic (exact) mass is 341 g/mol. The SMILES string of the molecule is O=C(Nc1ccc2c(c1)CCO2)N1CCN(c2ccccc2F)CC1. The molecule has 0 saturated carbocycles. The first-order valence-electron chi connectivity index (χ1n) is 8.52. The number of halogens is 1. The third-order valence-corrected chi connectivity index (χ3v) is 4.70. The molecular formula is C19H20FN3O2. The third kappa shape index (κ3) is 3.24. The fourth-order valence-corrected chi connectivity index (χ4v) is 3.33. The normalized spacial score (nSPS) is 16.4. The zero-order valence-electron chi connectivity index (χ0n) is 13.9. The van der Waals surface area contributed by atoms with Crippen molar-refractivity contribution in [3.8, 4) is 5.75 Å². The highest BCUT2D eigenvalue weighted by molar-refractivity contribution is 5.89. The maximum absolute atomic E-state index is 13.9. The molecule has 0 aliphatic carbocycles. The quantitative estimate of drug-likeness (QED) is 0.913. The van der Waals surface area contributed by atoms with Gasteiger partial charge in [0, 0.05) is 38.3 Å². The smallest absolute Gasteiger partial charge is 0.321 e. The van der Waals surface area contributed by atoms with Crippen molar-refractivity contribution < 1.29 is 13.9 Å². The number of para-hydroxylation sites is 1. The van der Waals surface area contributed by atoms with Crippen molar-refractivity contribution in [2.24, 2.45) is 0 Å². The first-order valence-corrected chi connectivity index (χ1v) is 8.52. The molecule has 5 nitrogen and oxygen atoms in total. The van der Waals surface area contributed by atoms with Crippen LogP contribution in [-0.4, -0.2) is 43.7 Å². The molecule has 0 radical (unpaired) electrons. The number of fused-ring (bicyclic) bond motifs is 1. The summed E-state index contributed by atoms with van der Waals surface area (Å²) in [5.74, 6) is 0.678. The Hall–Kier alpha value is -2.76. The predicted molar refractivity (Wildman–Crippen MR) is 94.8 cm³/mol. The zero-order valence-corrected chi connectivity index (χ0v) is 13.9. The number of carbonyl (C=O) groups is 1. The maximum Gasteiger partial charge on any atom is 0.321 e. The van der Waals surface area contributed by atoms with Crippen LogP contribution in [0.25, 0.3) is 0 Å². The Kier molecular flexibility index (Phi) is 4.17. The van der Waals surface area contributed by atoms with Crippen LogP contribution in [0.3, 0.4) is 0 Å². The summed E-state index contributed by atoms with van der Waals surface area (Å²) in [4.78, 5) is 16.2. The summed E-state index contributed by atoms with van der Waals surface area (Å²) in [6.45, 7) is 3.06. The number of ether oxygens (including phenoxy) is 1. The lowest BCUT2D eigenvalue weighted by molar-refractivity contribution is 0.208. The van der Waals surface area contributed by atoms with Gasteiger partial charge in [0.1, 0.15) is 11.6 Å². The van der Waals surface area contributed by atoms with Crippen molar-refractivity contribution in [2.75, 3.05) is 43.0 Å². The summed E-state index contributed by atoms with van der Waals surface area (Å²) in [5.41, 5.74) is 2.51. The van der Waals surface area contributed by atoms with Crippen molar-refractivity contribution in [1.29, 1.82) is 0 Å². The first-order chi connectivity index (χ1) is 12.2. The van der Waals surface area contributed by atoms with E-state index in [2.05, 4.69) is 5.32 Å². The van der Waals surface area contributed by atoms with Gasteiger partial charge in [-0.1, -0.05) is 12.1 Å². The van der Waals surface area contributed by atoms with Crippen LogP contribution in [0.1, 0.15) is 5.56 Å². The van der Waals surface area contributed by atoms with Crippen molar-refractivity contribution in [1.82, 2.24) is 4.90 Å². The summed E-state index contributed by atoms with van der Waals surface area (Å²) in [6.07, 6.45) is 0.875. The number of piperazine rings is 1. The molecule has 130 valence electrons. The fourth-order valence-electron chi connectivity index (χ4n) is 3.33. The molecule has 0 spiro atoms. The van der Waals surface area contributed by atoms with Crippen LogP contribution in [0.5, 0.6) is 5.75 Å². The van der Waals surface area contributed by atoms with Crippen LogP contribution in [0.4, 0.5) is 20.6 Å². The molecule has 4 rings (SSSR count). The molecule has 6 heteroatoms. The second kappa shape index (κ2) is 6.63. The zero-order chi connectivity index (χ0) is 17.2. The van der Waals surface area contributed by atoms with Crippen molar-refractivity contribution >= 4 is 17.4 Å². The molecule has 0 aromatic heterocycles. The van der Waals surface area contributed by atoms with Crippen LogP contribution >= 0.6 is 0 Å². The van der Waals surface area contributed by atoms with Crippen LogP contribution in [0, 0.1) is 5.82 Å². The van der Waals surface area contributed by atoms with Gasteiger partial charge in [0.05, 0.1) is 12.3 Å². The molecule has 0 atom stereocenters. The molecule has 25 heavy (non-hydrogen) atoms. The minimum atomic E-state index is -0.222. The lowest BCUT2D eigenvalue weighted by Crippen LogP contribution is -2.50. The van der Waals surface area contributed by atoms with Gasteiger partial charge in [-0.2, -0.15) is 0 Å². The Bertz CT molecular complexity index is 788. The number of hydrogen-bond donors (Lipinski definition) is 1. The molecule has 1 saturated heterocycles. The van der Waals surface area contributed by atoms with Gasteiger partial charge in [-0.25, -0.2) is 9.18 Å². The van der Waals surface area contributed by atoms with Gasteiger partial charge in [0.2, 0.25) is 0 Å². The van der Waals surface area contributed by atoms with Gasteiger partial charge < -0.3 is 19.9 Å². The molecule has 0 bridgehead atoms. The van der Waals surface area contributed by atoms with E-state index in [0.29, 0.717) is 38.5 Å². The Labute approximate surface area is 146 Å². The topological polar surface area (TPSA) is 44.8 Å². The van der Waals surface area contributed by atoms with Gasteiger partial charge in [-0.05, 0) is 35.9 Å². The minimum absolute atomic E-state index is 0.118. The number of hydrogen-bond acceptors (Lipinski definition) is 3. The van der Waals surface area contributed by atoms with E-state index in [0.717, 1.165) is 23.4 Å². The van der Waals surface area contributed by atoms with E-state index >= 15 is 0 Å². The van der Waals surface area contributed by atoms with Gasteiger partial charge in [-0.15, -0.1) is 0 Å². The minimum Gasteiger partial charge on any atom is -0.493 e. The van der Waals surface area contributed by atoms with Crippen molar-refractivity contribution in [2.45, 2.75) is 6.42 Å². The number of amides is 2. The number of benzene rings is 2. The number of nitrogens with one attached hydrogen (secondary N) is 1. The molecule has 1 fully saturated rings. The van der Waals surface area contributed by atoms with Crippen LogP contribution in [0.15, 0.2) is 42.5 Å². The van der Waals surface area contributed by atoms with Crippen molar-refractivity contribution in [3.05, 3.63) is 53.8 Å². The number of rotatable bonds is 2. The van der Waals surface area contributed by atoms with Crippen LogP contribution in [0.2, 0.25) is 0 Å². The maximum atomic E-state index is 13.9. The Balaban J connectivity index is 1.36. The Morgan fingerprint density at radius 2 is 1.88 bits per heavy atom. The highest BCUT2D eigenvalue weighted by atomic mass is 19.1. The Morgan fingerprint density at radius 1 is 1.08 bits per heavy atom. The molecule has 0 unspecified atom stereocenters. The number of anilines is 2. The molecule has 2 aliphatic rings. The van der Waals surface area contributed by atoms with Gasteiger partial charge in [-0.3, -0.25) is 0 Å². The lowest BCUT2D eigenvalue weighted by atomic mass is 10.1. The second-order valence-electron chi connectivity index (χ2n) is 6.28. The number of nitrogens with zero attached hydrogens (tertiary/aromatic N) is 2. The van der Waals surface area contributed by atoms with Crippen molar-refractivity contribution in [3.63, 3.8) is 0 Å². The van der Waals surface area contributed by atoms with Gasteiger partial charge in [0.15, 0.2) is 0 Å². The first kappa shape index (κ1) is 15.7. The summed E-state index contributed by atoms with van der Waals surface area (Å²) in [5, 5.41) is 2.95. The van der Waals surface area contributed by atoms with Crippen LogP contribution in [-0.2, 0) is 6.42 Å². The highest BCUT2D eigenvalue weighted by Gasteiger charge is 2.23. The van der Waals surface area contributed by atoms with E-state index in [-0.39, 0.29) is 11.8 Å². The summed E-state index contributed by atoms with van der Waals surface area (Å²) in [7, 11) is 0. The molecule has 2 heterocycles. The average molecular weight is 341 g/mol. The van der Waals surface area contributed by atoms with E-state index < -0.39 is 0 Å². The fraction of sp³-hybridized carbons (Fsp3) is 0.316. The second-order valence-corrected chi connectivity index (χ2v) is 6.28. The standard InChI is InChI=1S/C19H20FN3O2/c20-16-3-1-2-4-17(16)22-8-10-23(11-9-22)19(24)21-15-5-6-18-14(13-15)7-12-25-18/h1-6,13H,7-12H2,(H,21,24). The highest BCUT2D eigenvalue weighted by Crippen LogP contribution is 2.28. The van der Waals surface area contributed by atoms with Gasteiger partial charge in [0.25, 0.3) is 0 Å². The number of carbonyl (C=O) groups excluding carboxylic acids is 1. The van der Waals surface area contributed by atoms with Crippen LogP contribution < -0.4 is 15.0 Å². The third-order valence-electron chi connectivity index (χ3n) is 4.70. The summed E-state index contributed by atoms with van der Waals surface area (Å²) >= 11 is 0. The summed E-state index contributed by atoms with van der Waals surface area (Å²) < 4.78 is 19.4. The van der Waals surface area contributed by atoms with E-state index in [1.54, 1.807) is 17.0 Å². The molecule has 2 aliphatic heterocycles.